The number of rotatable bonds is 7. The average Bonchev–Trinajstić information content (AvgIpc) is 2.11. The predicted molar refractivity (Wildman–Crippen MR) is 60.4 cm³/mol. The highest BCUT2D eigenvalue weighted by Crippen LogP contribution is 1.93. The van der Waals surface area contributed by atoms with Gasteiger partial charge in [-0.25, -0.2) is 8.42 Å². The Morgan fingerprint density at radius 3 is 2.47 bits per heavy atom. The molecule has 2 N–H and O–H groups in total. The molecular formula is C9H20N2O3S. The first-order valence-electron chi connectivity index (χ1n) is 4.97. The van der Waals surface area contributed by atoms with Gasteiger partial charge in [0.25, 0.3) is 0 Å². The second-order valence-electron chi connectivity index (χ2n) is 3.73. The standard InChI is InChI=1S/C9H20N2O3S/c1-8(7-10-2)9(12)11-5-4-6-15(3,13)14/h8,10H,4-7H2,1-3H3,(H,11,12). The smallest absolute Gasteiger partial charge is 0.224 e. The lowest BCUT2D eigenvalue weighted by Gasteiger charge is -2.10. The summed E-state index contributed by atoms with van der Waals surface area (Å²) in [6.07, 6.45) is 1.66. The quantitative estimate of drug-likeness (QED) is 0.578. The number of hydrogen-bond donors (Lipinski definition) is 2. The van der Waals surface area contributed by atoms with E-state index in [1.807, 2.05) is 6.92 Å². The van der Waals surface area contributed by atoms with E-state index < -0.39 is 9.84 Å². The fourth-order valence-corrected chi connectivity index (χ4v) is 1.79. The second kappa shape index (κ2) is 6.79. The minimum Gasteiger partial charge on any atom is -0.356 e. The van der Waals surface area contributed by atoms with Crippen LogP contribution in [0.4, 0.5) is 0 Å². The lowest BCUT2D eigenvalue weighted by atomic mass is 10.1. The molecule has 0 bridgehead atoms. The molecule has 0 aromatic heterocycles. The third-order valence-electron chi connectivity index (χ3n) is 1.95. The lowest BCUT2D eigenvalue weighted by molar-refractivity contribution is -0.124. The van der Waals surface area contributed by atoms with Crippen LogP contribution in [0.25, 0.3) is 0 Å². The fourth-order valence-electron chi connectivity index (χ4n) is 1.12. The zero-order chi connectivity index (χ0) is 11.9. The Morgan fingerprint density at radius 1 is 1.40 bits per heavy atom. The highest BCUT2D eigenvalue weighted by molar-refractivity contribution is 7.90. The summed E-state index contributed by atoms with van der Waals surface area (Å²) in [7, 11) is -1.13. The highest BCUT2D eigenvalue weighted by Gasteiger charge is 2.10. The van der Waals surface area contributed by atoms with Gasteiger partial charge in [-0.05, 0) is 13.5 Å². The van der Waals surface area contributed by atoms with Crippen molar-refractivity contribution in [1.29, 1.82) is 0 Å². The molecule has 1 unspecified atom stereocenters. The molecule has 0 aromatic rings. The van der Waals surface area contributed by atoms with Crippen molar-refractivity contribution < 1.29 is 13.2 Å². The first-order valence-corrected chi connectivity index (χ1v) is 7.03. The second-order valence-corrected chi connectivity index (χ2v) is 5.99. The Labute approximate surface area is 91.5 Å². The van der Waals surface area contributed by atoms with E-state index >= 15 is 0 Å². The topological polar surface area (TPSA) is 75.3 Å². The molecule has 0 heterocycles. The van der Waals surface area contributed by atoms with E-state index in [2.05, 4.69) is 10.6 Å². The lowest BCUT2D eigenvalue weighted by Crippen LogP contribution is -2.35. The van der Waals surface area contributed by atoms with Crippen molar-refractivity contribution in [3.05, 3.63) is 0 Å². The fraction of sp³-hybridized carbons (Fsp3) is 0.889. The third kappa shape index (κ3) is 8.38. The van der Waals surface area contributed by atoms with Crippen molar-refractivity contribution in [3.63, 3.8) is 0 Å². The van der Waals surface area contributed by atoms with Crippen molar-refractivity contribution in [1.82, 2.24) is 10.6 Å². The molecule has 0 aliphatic rings. The molecule has 0 spiro atoms. The van der Waals surface area contributed by atoms with Crippen LogP contribution >= 0.6 is 0 Å². The number of sulfone groups is 1. The van der Waals surface area contributed by atoms with Crippen LogP contribution in [0.3, 0.4) is 0 Å². The number of hydrogen-bond acceptors (Lipinski definition) is 4. The molecule has 1 amide bonds. The number of amides is 1. The Morgan fingerprint density at radius 2 is 2.00 bits per heavy atom. The third-order valence-corrected chi connectivity index (χ3v) is 2.98. The van der Waals surface area contributed by atoms with Crippen molar-refractivity contribution in [2.45, 2.75) is 13.3 Å². The predicted octanol–water partition coefficient (Wildman–Crippen LogP) is -0.607. The molecular weight excluding hydrogens is 216 g/mol. The van der Waals surface area contributed by atoms with Gasteiger partial charge in [-0.2, -0.15) is 0 Å². The van der Waals surface area contributed by atoms with E-state index in [0.29, 0.717) is 19.5 Å². The molecule has 0 saturated heterocycles. The Hall–Kier alpha value is -0.620. The summed E-state index contributed by atoms with van der Waals surface area (Å²) >= 11 is 0. The van der Waals surface area contributed by atoms with Crippen molar-refractivity contribution >= 4 is 15.7 Å². The van der Waals surface area contributed by atoms with Crippen LogP contribution in [-0.4, -0.2) is 46.5 Å². The SMILES string of the molecule is CNCC(C)C(=O)NCCCS(C)(=O)=O. The Bertz CT molecular complexity index is 288. The van der Waals surface area contributed by atoms with Gasteiger partial charge >= 0.3 is 0 Å². The van der Waals surface area contributed by atoms with Crippen molar-refractivity contribution in [2.75, 3.05) is 32.1 Å². The van der Waals surface area contributed by atoms with Gasteiger partial charge in [-0.15, -0.1) is 0 Å². The number of nitrogens with one attached hydrogen (secondary N) is 2. The van der Waals surface area contributed by atoms with Crippen LogP contribution < -0.4 is 10.6 Å². The van der Waals surface area contributed by atoms with Gasteiger partial charge < -0.3 is 10.6 Å². The summed E-state index contributed by atoms with van der Waals surface area (Å²) < 4.78 is 21.6. The molecule has 1 atom stereocenters. The molecule has 0 radical (unpaired) electrons. The highest BCUT2D eigenvalue weighted by atomic mass is 32.2. The van der Waals surface area contributed by atoms with Crippen LogP contribution in [0.15, 0.2) is 0 Å². The van der Waals surface area contributed by atoms with E-state index in [0.717, 1.165) is 0 Å². The first kappa shape index (κ1) is 14.4. The zero-order valence-electron chi connectivity index (χ0n) is 9.54. The van der Waals surface area contributed by atoms with Gasteiger partial charge in [0, 0.05) is 25.3 Å². The monoisotopic (exact) mass is 236 g/mol. The van der Waals surface area contributed by atoms with Gasteiger partial charge in [-0.1, -0.05) is 6.92 Å². The maximum atomic E-state index is 11.4. The Balaban J connectivity index is 3.64. The van der Waals surface area contributed by atoms with Crippen LogP contribution in [0.5, 0.6) is 0 Å². The molecule has 0 aliphatic heterocycles. The van der Waals surface area contributed by atoms with E-state index in [4.69, 9.17) is 0 Å². The summed E-state index contributed by atoms with van der Waals surface area (Å²) in [4.78, 5) is 11.4. The van der Waals surface area contributed by atoms with Gasteiger partial charge in [0.2, 0.25) is 5.91 Å². The van der Waals surface area contributed by atoms with Gasteiger partial charge in [-0.3, -0.25) is 4.79 Å². The van der Waals surface area contributed by atoms with Crippen LogP contribution in [0, 0.1) is 5.92 Å². The van der Waals surface area contributed by atoms with Crippen LogP contribution in [0.1, 0.15) is 13.3 Å². The summed E-state index contributed by atoms with van der Waals surface area (Å²) in [6.45, 7) is 2.86. The molecule has 0 saturated carbocycles. The normalized spacial score (nSPS) is 13.5. The van der Waals surface area contributed by atoms with Gasteiger partial charge in [0.15, 0.2) is 0 Å². The molecule has 0 rings (SSSR count). The van der Waals surface area contributed by atoms with E-state index in [9.17, 15) is 13.2 Å². The van der Waals surface area contributed by atoms with E-state index in [1.54, 1.807) is 7.05 Å². The van der Waals surface area contributed by atoms with Crippen molar-refractivity contribution in [3.8, 4) is 0 Å². The first-order chi connectivity index (χ1) is 6.87. The molecule has 90 valence electrons. The minimum atomic E-state index is -2.92. The van der Waals surface area contributed by atoms with Gasteiger partial charge in [0.1, 0.15) is 9.84 Å². The zero-order valence-corrected chi connectivity index (χ0v) is 10.4. The molecule has 0 aromatic carbocycles. The maximum absolute atomic E-state index is 11.4. The Kier molecular flexibility index (Phi) is 6.51. The summed E-state index contributed by atoms with van der Waals surface area (Å²) in [6, 6.07) is 0. The summed E-state index contributed by atoms with van der Waals surface area (Å²) in [5, 5.41) is 5.60. The molecule has 0 fully saturated rings. The maximum Gasteiger partial charge on any atom is 0.224 e. The molecule has 0 aliphatic carbocycles. The van der Waals surface area contributed by atoms with Crippen LogP contribution in [0.2, 0.25) is 0 Å². The van der Waals surface area contributed by atoms with E-state index in [-0.39, 0.29) is 17.6 Å². The van der Waals surface area contributed by atoms with Gasteiger partial charge in [0.05, 0.1) is 5.75 Å². The van der Waals surface area contributed by atoms with Crippen molar-refractivity contribution in [2.24, 2.45) is 5.92 Å². The van der Waals surface area contributed by atoms with Crippen LogP contribution in [-0.2, 0) is 14.6 Å². The summed E-state index contributed by atoms with van der Waals surface area (Å²) in [5.41, 5.74) is 0. The van der Waals surface area contributed by atoms with E-state index in [1.165, 1.54) is 6.26 Å². The summed E-state index contributed by atoms with van der Waals surface area (Å²) in [5.74, 6) is -0.0145. The molecule has 6 heteroatoms. The molecule has 5 nitrogen and oxygen atoms in total. The molecule has 15 heavy (non-hydrogen) atoms. The largest absolute Gasteiger partial charge is 0.356 e. The number of carbonyl (C=O) groups excluding carboxylic acids is 1. The average molecular weight is 236 g/mol. The minimum absolute atomic E-state index is 0.0437. The number of carbonyl (C=O) groups is 1.